The Bertz CT molecular complexity index is 187. The van der Waals surface area contributed by atoms with E-state index in [0.717, 1.165) is 12.0 Å². The number of nitrogens with zero attached hydrogens (tertiary/aromatic N) is 2. The molecule has 0 aromatic rings. The molecule has 2 heterocycles. The number of rotatable bonds is 1. The van der Waals surface area contributed by atoms with Crippen molar-refractivity contribution in [1.29, 1.82) is 0 Å². The molecule has 2 nitrogen and oxygen atoms in total. The van der Waals surface area contributed by atoms with Gasteiger partial charge in [-0.1, -0.05) is 63.3 Å². The summed E-state index contributed by atoms with van der Waals surface area (Å²) in [5.41, 5.74) is 0. The van der Waals surface area contributed by atoms with Gasteiger partial charge >= 0.3 is 0 Å². The molecule has 2 aliphatic rings. The Labute approximate surface area is 158 Å². The first-order chi connectivity index (χ1) is 9.43. The Balaban J connectivity index is -0.0000000736. The van der Waals surface area contributed by atoms with Gasteiger partial charge in [-0.15, -0.1) is 0 Å². The number of piperidine rings is 2. The summed E-state index contributed by atoms with van der Waals surface area (Å²) in [5, 5.41) is 0. The maximum atomic E-state index is 2.56. The molecule has 0 saturated carbocycles. The first-order valence-electron chi connectivity index (χ1n) is 8.86. The van der Waals surface area contributed by atoms with E-state index in [1.165, 1.54) is 64.7 Å². The van der Waals surface area contributed by atoms with Crippen molar-refractivity contribution >= 4 is 0 Å². The van der Waals surface area contributed by atoms with Crippen molar-refractivity contribution < 1.29 is 0 Å². The third-order valence-electron chi connectivity index (χ3n) is 3.70. The van der Waals surface area contributed by atoms with Gasteiger partial charge in [-0.3, -0.25) is 0 Å². The molecule has 0 unspecified atom stereocenters. The van der Waals surface area contributed by atoms with Crippen LogP contribution in [0.5, 0.6) is 0 Å². The summed E-state index contributed by atoms with van der Waals surface area (Å²) < 4.78 is 0. The molecule has 24 heavy (non-hydrogen) atoms. The topological polar surface area (TPSA) is 6.48 Å². The third-order valence-corrected chi connectivity index (χ3v) is 3.70. The summed E-state index contributed by atoms with van der Waals surface area (Å²) in [7, 11) is 2.19. The SMILES string of the molecule is C.C.C.C.CC(C)C.CC(C)N1CCCCC1.CN1CCCCC1. The highest BCUT2D eigenvalue weighted by Gasteiger charge is 2.11. The van der Waals surface area contributed by atoms with Gasteiger partial charge in [-0.25, -0.2) is 0 Å². The van der Waals surface area contributed by atoms with E-state index >= 15 is 0 Å². The van der Waals surface area contributed by atoms with Gasteiger partial charge in [-0.05, 0) is 78.7 Å². The highest BCUT2D eigenvalue weighted by atomic mass is 15.1. The molecule has 0 aromatic heterocycles. The van der Waals surface area contributed by atoms with Crippen molar-refractivity contribution in [3.63, 3.8) is 0 Å². The molecule has 2 rings (SSSR count). The molecule has 0 aliphatic carbocycles. The molecule has 2 fully saturated rings. The Kier molecular flexibility index (Phi) is 33.5. The second-order valence-corrected chi connectivity index (χ2v) is 7.29. The van der Waals surface area contributed by atoms with Crippen molar-refractivity contribution in [3.8, 4) is 0 Å². The van der Waals surface area contributed by atoms with E-state index in [-0.39, 0.29) is 29.7 Å². The van der Waals surface area contributed by atoms with Crippen LogP contribution < -0.4 is 0 Å². The van der Waals surface area contributed by atoms with Crippen molar-refractivity contribution in [2.24, 2.45) is 5.92 Å². The van der Waals surface area contributed by atoms with Crippen LogP contribution in [0, 0.1) is 5.92 Å². The first kappa shape index (κ1) is 35.1. The van der Waals surface area contributed by atoms with Crippen LogP contribution in [0.3, 0.4) is 0 Å². The Morgan fingerprint density at radius 1 is 0.542 bits per heavy atom. The zero-order chi connectivity index (χ0) is 15.4. The molecule has 0 N–H and O–H groups in total. The van der Waals surface area contributed by atoms with E-state index in [1.54, 1.807) is 0 Å². The maximum Gasteiger partial charge on any atom is 0.00385 e. The number of hydrogen-bond acceptors (Lipinski definition) is 2. The van der Waals surface area contributed by atoms with Gasteiger partial charge in [-0.2, -0.15) is 0 Å². The van der Waals surface area contributed by atoms with Crippen LogP contribution in [0.25, 0.3) is 0 Å². The van der Waals surface area contributed by atoms with E-state index < -0.39 is 0 Å². The minimum Gasteiger partial charge on any atom is -0.306 e. The van der Waals surface area contributed by atoms with Crippen molar-refractivity contribution in [2.45, 2.75) is 109 Å². The predicted octanol–water partition coefficient (Wildman–Crippen LogP) is 7.19. The van der Waals surface area contributed by atoms with Crippen molar-refractivity contribution in [2.75, 3.05) is 33.2 Å². The van der Waals surface area contributed by atoms with Crippen LogP contribution in [-0.4, -0.2) is 49.1 Å². The zero-order valence-electron chi connectivity index (χ0n) is 15.1. The standard InChI is InChI=1S/C8H17N.C6H13N.C4H10.4CH4/c1-8(2)9-6-4-3-5-7-9;1-7-5-3-2-4-6-7;1-4(2)3;;;;/h8H,3-7H2,1-2H3;2-6H2,1H3;4H,1-3H3;4*1H4. The quantitative estimate of drug-likeness (QED) is 0.494. The average molecular weight is 349 g/mol. The van der Waals surface area contributed by atoms with Crippen LogP contribution >= 0.6 is 0 Å². The second kappa shape index (κ2) is 22.9. The molecule has 0 amide bonds. The van der Waals surface area contributed by atoms with Gasteiger partial charge in [0.2, 0.25) is 0 Å². The molecule has 154 valence electrons. The van der Waals surface area contributed by atoms with E-state index in [1.807, 2.05) is 0 Å². The Hall–Kier alpha value is -0.0800. The van der Waals surface area contributed by atoms with Gasteiger partial charge in [0.05, 0.1) is 0 Å². The normalized spacial score (nSPS) is 17.5. The zero-order valence-corrected chi connectivity index (χ0v) is 15.1. The van der Waals surface area contributed by atoms with Crippen LogP contribution in [0.4, 0.5) is 0 Å². The molecule has 0 radical (unpaired) electrons. The molecular formula is C22H56N2. The molecule has 2 heteroatoms. The average Bonchev–Trinajstić information content (AvgIpc) is 2.41. The van der Waals surface area contributed by atoms with Crippen LogP contribution in [0.15, 0.2) is 0 Å². The summed E-state index contributed by atoms with van der Waals surface area (Å²) >= 11 is 0. The first-order valence-corrected chi connectivity index (χ1v) is 8.86. The summed E-state index contributed by atoms with van der Waals surface area (Å²) in [6.45, 7) is 16.4. The summed E-state index contributed by atoms with van der Waals surface area (Å²) in [6.07, 6.45) is 8.55. The highest BCUT2D eigenvalue weighted by Crippen LogP contribution is 2.10. The van der Waals surface area contributed by atoms with Gasteiger partial charge in [0.1, 0.15) is 0 Å². The van der Waals surface area contributed by atoms with Gasteiger partial charge in [0, 0.05) is 6.04 Å². The lowest BCUT2D eigenvalue weighted by Gasteiger charge is -2.29. The minimum absolute atomic E-state index is 0. The summed E-state index contributed by atoms with van der Waals surface area (Å²) in [5.74, 6) is 0.833. The lowest BCUT2D eigenvalue weighted by molar-refractivity contribution is 0.185. The molecule has 0 atom stereocenters. The third kappa shape index (κ3) is 24.2. The summed E-state index contributed by atoms with van der Waals surface area (Å²) in [4.78, 5) is 4.95. The fraction of sp³-hybridized carbons (Fsp3) is 1.00. The minimum atomic E-state index is 0. The van der Waals surface area contributed by atoms with Crippen LogP contribution in [0.2, 0.25) is 0 Å². The van der Waals surface area contributed by atoms with Crippen LogP contribution in [0.1, 0.15) is 103 Å². The second-order valence-electron chi connectivity index (χ2n) is 7.29. The fourth-order valence-electron chi connectivity index (χ4n) is 2.49. The molecule has 2 aliphatic heterocycles. The molecule has 0 bridgehead atoms. The number of likely N-dealkylation sites (tertiary alicyclic amines) is 2. The van der Waals surface area contributed by atoms with Crippen molar-refractivity contribution in [3.05, 3.63) is 0 Å². The van der Waals surface area contributed by atoms with Gasteiger partial charge in [0.15, 0.2) is 0 Å². The lowest BCUT2D eigenvalue weighted by Crippen LogP contribution is -2.35. The monoisotopic (exact) mass is 348 g/mol. The predicted molar refractivity (Wildman–Crippen MR) is 119 cm³/mol. The van der Waals surface area contributed by atoms with Gasteiger partial charge < -0.3 is 9.80 Å². The largest absolute Gasteiger partial charge is 0.306 e. The summed E-state index contributed by atoms with van der Waals surface area (Å²) in [6, 6.07) is 0.769. The highest BCUT2D eigenvalue weighted by molar-refractivity contribution is 4.67. The molecule has 0 aromatic carbocycles. The van der Waals surface area contributed by atoms with E-state index in [4.69, 9.17) is 0 Å². The van der Waals surface area contributed by atoms with Gasteiger partial charge in [0.25, 0.3) is 0 Å². The van der Waals surface area contributed by atoms with E-state index in [2.05, 4.69) is 51.5 Å². The molecule has 2 saturated heterocycles. The van der Waals surface area contributed by atoms with E-state index in [9.17, 15) is 0 Å². The number of hydrogen-bond donors (Lipinski definition) is 0. The lowest BCUT2D eigenvalue weighted by atomic mass is 10.1. The molecular weight excluding hydrogens is 292 g/mol. The molecule has 0 spiro atoms. The maximum absolute atomic E-state index is 2.56. The van der Waals surface area contributed by atoms with E-state index in [0.29, 0.717) is 0 Å². The Morgan fingerprint density at radius 3 is 1.00 bits per heavy atom. The fourth-order valence-corrected chi connectivity index (χ4v) is 2.49. The van der Waals surface area contributed by atoms with Crippen LogP contribution in [-0.2, 0) is 0 Å². The smallest absolute Gasteiger partial charge is 0.00385 e. The van der Waals surface area contributed by atoms with Crippen molar-refractivity contribution in [1.82, 2.24) is 9.80 Å². The Morgan fingerprint density at radius 2 is 0.833 bits per heavy atom.